The third kappa shape index (κ3) is 4.46. The van der Waals surface area contributed by atoms with Gasteiger partial charge < -0.3 is 5.11 Å². The smallest absolute Gasteiger partial charge is 0.389 e. The Labute approximate surface area is 97.1 Å². The number of rotatable bonds is 4. The molecule has 1 N–H and O–H groups in total. The second-order valence-electron chi connectivity index (χ2n) is 3.92. The molecule has 0 fully saturated rings. The Bertz CT molecular complexity index is 382. The zero-order valence-corrected chi connectivity index (χ0v) is 9.29. The van der Waals surface area contributed by atoms with Gasteiger partial charge in [0.15, 0.2) is 0 Å². The summed E-state index contributed by atoms with van der Waals surface area (Å²) in [6.07, 6.45) is -5.10. The molecule has 0 aromatic heterocycles. The zero-order valence-electron chi connectivity index (χ0n) is 9.29. The Kier molecular flexibility index (Phi) is 4.15. The fourth-order valence-electron chi connectivity index (χ4n) is 1.40. The second-order valence-corrected chi connectivity index (χ2v) is 3.92. The molecule has 0 amide bonds. The van der Waals surface area contributed by atoms with Gasteiger partial charge in [-0.3, -0.25) is 4.79 Å². The summed E-state index contributed by atoms with van der Waals surface area (Å²) in [5, 5.41) is 8.77. The van der Waals surface area contributed by atoms with Crippen molar-refractivity contribution in [3.8, 4) is 0 Å². The molecule has 0 aliphatic carbocycles. The maximum absolute atomic E-state index is 12.0. The summed E-state index contributed by atoms with van der Waals surface area (Å²) < 4.78 is 35.9. The minimum absolute atomic E-state index is 0.0781. The van der Waals surface area contributed by atoms with Crippen LogP contribution in [0.1, 0.15) is 30.4 Å². The Balaban J connectivity index is 2.65. The number of hydrogen-bond donors (Lipinski definition) is 1. The van der Waals surface area contributed by atoms with Gasteiger partial charge in [-0.15, -0.1) is 0 Å². The van der Waals surface area contributed by atoms with Gasteiger partial charge in [-0.25, -0.2) is 0 Å². The highest BCUT2D eigenvalue weighted by Gasteiger charge is 2.26. The van der Waals surface area contributed by atoms with E-state index in [1.165, 1.54) is 6.92 Å². The van der Waals surface area contributed by atoms with E-state index in [9.17, 15) is 18.0 Å². The average Bonchev–Trinajstić information content (AvgIpc) is 2.25. The molecule has 0 heterocycles. The highest BCUT2D eigenvalue weighted by molar-refractivity contribution is 5.75. The number of halogens is 3. The highest BCUT2D eigenvalue weighted by Crippen LogP contribution is 2.23. The molecule has 17 heavy (non-hydrogen) atoms. The molecule has 1 unspecified atom stereocenters. The van der Waals surface area contributed by atoms with Crippen LogP contribution in [0.3, 0.4) is 0 Å². The van der Waals surface area contributed by atoms with Gasteiger partial charge in [0.1, 0.15) is 0 Å². The number of alkyl halides is 3. The van der Waals surface area contributed by atoms with E-state index in [-0.39, 0.29) is 6.42 Å². The molecule has 0 aliphatic rings. The molecule has 0 radical (unpaired) electrons. The van der Waals surface area contributed by atoms with Gasteiger partial charge in [0.2, 0.25) is 0 Å². The fraction of sp³-hybridized carbons (Fsp3) is 0.417. The van der Waals surface area contributed by atoms with Gasteiger partial charge >= 0.3 is 12.1 Å². The average molecular weight is 246 g/mol. The van der Waals surface area contributed by atoms with E-state index < -0.39 is 24.5 Å². The van der Waals surface area contributed by atoms with Crippen molar-refractivity contribution in [2.45, 2.75) is 31.9 Å². The van der Waals surface area contributed by atoms with E-state index in [0.29, 0.717) is 11.1 Å². The fourth-order valence-corrected chi connectivity index (χ4v) is 1.40. The van der Waals surface area contributed by atoms with Crippen molar-refractivity contribution in [3.05, 3.63) is 35.4 Å². The summed E-state index contributed by atoms with van der Waals surface area (Å²) in [4.78, 5) is 10.7. The Morgan fingerprint density at radius 3 is 2.24 bits per heavy atom. The number of carboxylic acid groups (broad SMARTS) is 1. The Morgan fingerprint density at radius 1 is 1.29 bits per heavy atom. The predicted molar refractivity (Wildman–Crippen MR) is 56.9 cm³/mol. The minimum Gasteiger partial charge on any atom is -0.481 e. The van der Waals surface area contributed by atoms with Gasteiger partial charge in [-0.1, -0.05) is 24.3 Å². The maximum Gasteiger partial charge on any atom is 0.389 e. The van der Waals surface area contributed by atoms with Crippen LogP contribution in [-0.2, 0) is 11.2 Å². The molecule has 1 rings (SSSR count). The molecule has 1 aromatic rings. The number of aryl methyl sites for hydroxylation is 1. The molecule has 1 atom stereocenters. The van der Waals surface area contributed by atoms with E-state index in [4.69, 9.17) is 5.11 Å². The number of hydrogen-bond acceptors (Lipinski definition) is 1. The monoisotopic (exact) mass is 246 g/mol. The molecule has 1 aromatic carbocycles. The lowest BCUT2D eigenvalue weighted by molar-refractivity contribution is -0.138. The molecule has 0 spiro atoms. The predicted octanol–water partition coefficient (Wildman–Crippen LogP) is 3.37. The van der Waals surface area contributed by atoms with Crippen molar-refractivity contribution in [3.63, 3.8) is 0 Å². The zero-order chi connectivity index (χ0) is 13.1. The molecule has 0 aliphatic heterocycles. The van der Waals surface area contributed by atoms with Gasteiger partial charge in [0, 0.05) is 6.42 Å². The summed E-state index contributed by atoms with van der Waals surface area (Å²) >= 11 is 0. The van der Waals surface area contributed by atoms with E-state index in [1.54, 1.807) is 24.3 Å². The standard InChI is InChI=1S/C12H13F3O2/c1-8(11(16)17)10-4-2-9(3-5-10)6-7-12(13,14)15/h2-5,8H,6-7H2,1H3,(H,16,17). The number of carbonyl (C=O) groups is 1. The molecule has 0 saturated carbocycles. The molecule has 5 heteroatoms. The molecule has 0 bridgehead atoms. The van der Waals surface area contributed by atoms with Crippen LogP contribution in [0.4, 0.5) is 13.2 Å². The third-order valence-electron chi connectivity index (χ3n) is 2.55. The Hall–Kier alpha value is -1.52. The molecular formula is C12H13F3O2. The van der Waals surface area contributed by atoms with Crippen LogP contribution in [0.5, 0.6) is 0 Å². The lowest BCUT2D eigenvalue weighted by Crippen LogP contribution is -2.09. The summed E-state index contributed by atoms with van der Waals surface area (Å²) in [7, 11) is 0. The van der Waals surface area contributed by atoms with Crippen LogP contribution in [-0.4, -0.2) is 17.3 Å². The summed E-state index contributed by atoms with van der Waals surface area (Å²) in [5.41, 5.74) is 1.15. The van der Waals surface area contributed by atoms with Crippen molar-refractivity contribution < 1.29 is 23.1 Å². The summed E-state index contributed by atoms with van der Waals surface area (Å²) in [5.74, 6) is -1.60. The minimum atomic E-state index is -4.16. The normalized spacial score (nSPS) is 13.4. The van der Waals surface area contributed by atoms with Crippen LogP contribution in [0.25, 0.3) is 0 Å². The maximum atomic E-state index is 12.0. The van der Waals surface area contributed by atoms with Crippen molar-refractivity contribution >= 4 is 5.97 Å². The SMILES string of the molecule is CC(C(=O)O)c1ccc(CCC(F)(F)F)cc1. The van der Waals surface area contributed by atoms with Crippen LogP contribution in [0.2, 0.25) is 0 Å². The number of carboxylic acids is 1. The topological polar surface area (TPSA) is 37.3 Å². The van der Waals surface area contributed by atoms with Crippen molar-refractivity contribution in [2.24, 2.45) is 0 Å². The van der Waals surface area contributed by atoms with Gasteiger partial charge in [0.05, 0.1) is 5.92 Å². The number of aliphatic carboxylic acids is 1. The highest BCUT2D eigenvalue weighted by atomic mass is 19.4. The quantitative estimate of drug-likeness (QED) is 0.884. The van der Waals surface area contributed by atoms with Crippen LogP contribution >= 0.6 is 0 Å². The van der Waals surface area contributed by atoms with Crippen LogP contribution in [0.15, 0.2) is 24.3 Å². The first-order valence-electron chi connectivity index (χ1n) is 5.18. The first-order valence-corrected chi connectivity index (χ1v) is 5.18. The van der Waals surface area contributed by atoms with Gasteiger partial charge in [0.25, 0.3) is 0 Å². The van der Waals surface area contributed by atoms with Gasteiger partial charge in [-0.05, 0) is 24.5 Å². The third-order valence-corrected chi connectivity index (χ3v) is 2.55. The lowest BCUT2D eigenvalue weighted by atomic mass is 9.99. The van der Waals surface area contributed by atoms with Crippen molar-refractivity contribution in [1.82, 2.24) is 0 Å². The van der Waals surface area contributed by atoms with Crippen molar-refractivity contribution in [1.29, 1.82) is 0 Å². The lowest BCUT2D eigenvalue weighted by Gasteiger charge is -2.09. The molecule has 2 nitrogen and oxygen atoms in total. The van der Waals surface area contributed by atoms with E-state index in [2.05, 4.69) is 0 Å². The molecule has 0 saturated heterocycles. The van der Waals surface area contributed by atoms with E-state index in [0.717, 1.165) is 0 Å². The molecule has 94 valence electrons. The Morgan fingerprint density at radius 2 is 1.82 bits per heavy atom. The van der Waals surface area contributed by atoms with E-state index in [1.807, 2.05) is 0 Å². The largest absolute Gasteiger partial charge is 0.481 e. The van der Waals surface area contributed by atoms with Crippen molar-refractivity contribution in [2.75, 3.05) is 0 Å². The second kappa shape index (κ2) is 5.21. The number of benzene rings is 1. The summed E-state index contributed by atoms with van der Waals surface area (Å²) in [6.45, 7) is 1.53. The van der Waals surface area contributed by atoms with E-state index >= 15 is 0 Å². The first-order chi connectivity index (χ1) is 7.79. The van der Waals surface area contributed by atoms with Crippen LogP contribution < -0.4 is 0 Å². The van der Waals surface area contributed by atoms with Gasteiger partial charge in [-0.2, -0.15) is 13.2 Å². The van der Waals surface area contributed by atoms with Crippen LogP contribution in [0, 0.1) is 0 Å². The first kappa shape index (κ1) is 13.5. The summed E-state index contributed by atoms with van der Waals surface area (Å²) in [6, 6.07) is 6.20. The molecular weight excluding hydrogens is 233 g/mol.